The van der Waals surface area contributed by atoms with Gasteiger partial charge in [0.15, 0.2) is 5.11 Å². The van der Waals surface area contributed by atoms with Crippen LogP contribution >= 0.6 is 24.8 Å². The second-order valence-electron chi connectivity index (χ2n) is 9.07. The first-order chi connectivity index (χ1) is 16.6. The predicted molar refractivity (Wildman–Crippen MR) is 145 cm³/mol. The van der Waals surface area contributed by atoms with Gasteiger partial charge < -0.3 is 10.2 Å². The van der Waals surface area contributed by atoms with Crippen LogP contribution in [0.1, 0.15) is 45.6 Å². The molecule has 1 aromatic rings. The van der Waals surface area contributed by atoms with Crippen molar-refractivity contribution in [3.05, 3.63) is 59.3 Å². The zero-order chi connectivity index (χ0) is 25.8. The molecule has 0 radical (unpaired) electrons. The lowest BCUT2D eigenvalue weighted by Crippen LogP contribution is -2.52. The van der Waals surface area contributed by atoms with Crippen LogP contribution in [-0.4, -0.2) is 47.9 Å². The summed E-state index contributed by atoms with van der Waals surface area (Å²) in [5.74, 6) is -0.858. The van der Waals surface area contributed by atoms with Crippen LogP contribution in [0, 0.1) is 0 Å². The van der Waals surface area contributed by atoms with Crippen LogP contribution in [0.15, 0.2) is 58.7 Å². The van der Waals surface area contributed by atoms with Crippen molar-refractivity contribution < 1.29 is 14.4 Å². The summed E-state index contributed by atoms with van der Waals surface area (Å²) in [6, 6.07) is 6.14. The van der Waals surface area contributed by atoms with Gasteiger partial charge in [-0.3, -0.25) is 24.6 Å². The van der Waals surface area contributed by atoms with Gasteiger partial charge in [-0.2, -0.15) is 0 Å². The molecule has 1 aromatic carbocycles. The first kappa shape index (κ1) is 26.7. The van der Waals surface area contributed by atoms with Crippen molar-refractivity contribution in [3.8, 4) is 0 Å². The van der Waals surface area contributed by atoms with Crippen LogP contribution in [0.3, 0.4) is 0 Å². The number of anilines is 1. The number of hydrogen-bond donors (Lipinski definition) is 3. The summed E-state index contributed by atoms with van der Waals surface area (Å²) in [6.45, 7) is 7.65. The number of nitrogens with one attached hydrogen (secondary N) is 2. The summed E-state index contributed by atoms with van der Waals surface area (Å²) < 4.78 is 0. The number of rotatable bonds is 8. The Bertz CT molecular complexity index is 1140. The number of carbonyl (C=O) groups is 3. The number of likely N-dealkylation sites (N-methyl/N-ethyl adjacent to an activating group) is 1. The summed E-state index contributed by atoms with van der Waals surface area (Å²) in [5.41, 5.74) is 3.13. The molecular weight excluding hydrogens is 480 g/mol. The average Bonchev–Trinajstić information content (AvgIpc) is 3.00. The number of hydrogen-bond acceptors (Lipinski definition) is 6. The molecule has 2 heterocycles. The van der Waals surface area contributed by atoms with Gasteiger partial charge in [0, 0.05) is 48.3 Å². The molecule has 1 fully saturated rings. The van der Waals surface area contributed by atoms with Crippen molar-refractivity contribution in [3.63, 3.8) is 0 Å². The predicted octanol–water partition coefficient (Wildman–Crippen LogP) is 3.62. The van der Waals surface area contributed by atoms with Crippen molar-refractivity contribution >= 4 is 53.4 Å². The standard InChI is InChI=1S/C26H32N4O3S2/c1-5-9-22(31)27-14-8-15-30-20-13-12-17(34)16-19(20)26(2,3)21(30)11-7-6-10-18-23(32)28-25(35)29(4)24(18)33/h6-7,10-13,16,34H,5,8-9,14-15H2,1-4H3,(H,27,31)(H,28,32,35)/b7-6+,18-10-,21-11+. The van der Waals surface area contributed by atoms with Gasteiger partial charge in [-0.15, -0.1) is 12.6 Å². The van der Waals surface area contributed by atoms with Crippen molar-refractivity contribution in [2.75, 3.05) is 25.0 Å². The molecule has 0 unspecified atom stereocenters. The quantitative estimate of drug-likeness (QED) is 0.163. The molecule has 0 aromatic heterocycles. The number of allylic oxidation sites excluding steroid dienone is 5. The maximum Gasteiger partial charge on any atom is 0.265 e. The number of amides is 3. The van der Waals surface area contributed by atoms with Gasteiger partial charge in [0.2, 0.25) is 5.91 Å². The highest BCUT2D eigenvalue weighted by Crippen LogP contribution is 2.48. The second kappa shape index (κ2) is 11.2. The fraction of sp³-hybridized carbons (Fsp3) is 0.385. The molecule has 35 heavy (non-hydrogen) atoms. The smallest absolute Gasteiger partial charge is 0.265 e. The van der Waals surface area contributed by atoms with Gasteiger partial charge in [-0.1, -0.05) is 32.9 Å². The van der Waals surface area contributed by atoms with Gasteiger partial charge >= 0.3 is 0 Å². The topological polar surface area (TPSA) is 81.8 Å². The minimum atomic E-state index is -0.503. The van der Waals surface area contributed by atoms with Crippen LogP contribution in [0.2, 0.25) is 0 Å². The SMILES string of the molecule is CCCC(=O)NCCCN1/C(=C/C=C/C=C2/C(=O)NC(=S)N(C)C2=O)C(C)(C)c2cc(S)ccc21. The third-order valence-electron chi connectivity index (χ3n) is 6.17. The number of benzene rings is 1. The monoisotopic (exact) mass is 512 g/mol. The molecule has 0 spiro atoms. The number of nitrogens with zero attached hydrogens (tertiary/aromatic N) is 2. The molecule has 2 aliphatic heterocycles. The lowest BCUT2D eigenvalue weighted by atomic mass is 9.83. The van der Waals surface area contributed by atoms with Crippen LogP contribution in [0.4, 0.5) is 5.69 Å². The van der Waals surface area contributed by atoms with E-state index in [1.54, 1.807) is 6.08 Å². The Hall–Kier alpha value is -2.91. The lowest BCUT2D eigenvalue weighted by Gasteiger charge is -2.27. The van der Waals surface area contributed by atoms with E-state index in [-0.39, 0.29) is 22.0 Å². The van der Waals surface area contributed by atoms with Crippen molar-refractivity contribution in [1.29, 1.82) is 0 Å². The van der Waals surface area contributed by atoms with E-state index < -0.39 is 11.8 Å². The first-order valence-electron chi connectivity index (χ1n) is 11.7. The van der Waals surface area contributed by atoms with Crippen molar-refractivity contribution in [1.82, 2.24) is 15.5 Å². The summed E-state index contributed by atoms with van der Waals surface area (Å²) >= 11 is 9.51. The summed E-state index contributed by atoms with van der Waals surface area (Å²) in [4.78, 5) is 40.8. The molecule has 0 saturated carbocycles. The Labute approximate surface area is 217 Å². The number of fused-ring (bicyclic) bond motifs is 1. The number of thiol groups is 1. The van der Waals surface area contributed by atoms with E-state index in [9.17, 15) is 14.4 Å². The highest BCUT2D eigenvalue weighted by molar-refractivity contribution is 7.80. The molecule has 7 nitrogen and oxygen atoms in total. The Kier molecular flexibility index (Phi) is 8.56. The van der Waals surface area contributed by atoms with E-state index in [0.717, 1.165) is 35.7 Å². The highest BCUT2D eigenvalue weighted by atomic mass is 32.1. The minimum absolute atomic E-state index is 0.0316. The molecule has 9 heteroatoms. The largest absolute Gasteiger partial charge is 0.356 e. The highest BCUT2D eigenvalue weighted by Gasteiger charge is 2.39. The van der Waals surface area contributed by atoms with E-state index in [1.807, 2.05) is 25.1 Å². The fourth-order valence-corrected chi connectivity index (χ4v) is 4.63. The third-order valence-corrected chi connectivity index (χ3v) is 6.82. The van der Waals surface area contributed by atoms with E-state index in [2.05, 4.69) is 54.1 Å². The number of thiocarbonyl (C=S) groups is 1. The van der Waals surface area contributed by atoms with Crippen LogP contribution < -0.4 is 15.5 Å². The van der Waals surface area contributed by atoms with Gasteiger partial charge in [-0.05, 0) is 61.0 Å². The third kappa shape index (κ3) is 5.85. The average molecular weight is 513 g/mol. The number of carbonyl (C=O) groups excluding carboxylic acids is 3. The molecule has 3 rings (SSSR count). The van der Waals surface area contributed by atoms with E-state index >= 15 is 0 Å². The molecule has 2 aliphatic rings. The van der Waals surface area contributed by atoms with Gasteiger partial charge in [0.25, 0.3) is 11.8 Å². The molecule has 0 aliphatic carbocycles. The lowest BCUT2D eigenvalue weighted by molar-refractivity contribution is -0.128. The van der Waals surface area contributed by atoms with Crippen molar-refractivity contribution in [2.45, 2.75) is 50.3 Å². The summed E-state index contributed by atoms with van der Waals surface area (Å²) in [6.07, 6.45) is 9.19. The Morgan fingerprint density at radius 3 is 2.66 bits per heavy atom. The van der Waals surface area contributed by atoms with Gasteiger partial charge in [0.1, 0.15) is 5.57 Å². The Morgan fingerprint density at radius 2 is 1.94 bits per heavy atom. The fourth-order valence-electron chi connectivity index (χ4n) is 4.25. The van der Waals surface area contributed by atoms with Gasteiger partial charge in [-0.25, -0.2) is 0 Å². The van der Waals surface area contributed by atoms with Gasteiger partial charge in [0.05, 0.1) is 0 Å². The molecular formula is C26H32N4O3S2. The Balaban J connectivity index is 1.83. The molecule has 186 valence electrons. The van der Waals surface area contributed by atoms with Crippen LogP contribution in [0.5, 0.6) is 0 Å². The molecule has 2 N–H and O–H groups in total. The first-order valence-corrected chi connectivity index (χ1v) is 12.5. The minimum Gasteiger partial charge on any atom is -0.356 e. The molecule has 1 saturated heterocycles. The summed E-state index contributed by atoms with van der Waals surface area (Å²) in [7, 11) is 1.53. The van der Waals surface area contributed by atoms with E-state index in [4.69, 9.17) is 12.2 Å². The zero-order valence-electron chi connectivity index (χ0n) is 20.6. The molecule has 0 bridgehead atoms. The molecule has 0 atom stereocenters. The normalized spacial score (nSPS) is 19.6. The van der Waals surface area contributed by atoms with E-state index in [0.29, 0.717) is 13.0 Å². The van der Waals surface area contributed by atoms with E-state index in [1.165, 1.54) is 23.6 Å². The zero-order valence-corrected chi connectivity index (χ0v) is 22.3. The maximum absolute atomic E-state index is 12.4. The van der Waals surface area contributed by atoms with Crippen molar-refractivity contribution in [2.24, 2.45) is 0 Å². The van der Waals surface area contributed by atoms with Crippen LogP contribution in [-0.2, 0) is 19.8 Å². The summed E-state index contributed by atoms with van der Waals surface area (Å²) in [5, 5.41) is 5.58. The van der Waals surface area contributed by atoms with Crippen LogP contribution in [0.25, 0.3) is 0 Å². The second-order valence-corrected chi connectivity index (χ2v) is 9.98. The Morgan fingerprint density at radius 1 is 1.23 bits per heavy atom. The molecule has 3 amide bonds. The maximum atomic E-state index is 12.4.